The number of morpholine rings is 1. The molecular weight excluding hydrogens is 249 g/mol. The second-order valence-electron chi connectivity index (χ2n) is 4.34. The van der Waals surface area contributed by atoms with Gasteiger partial charge in [0.05, 0.1) is 13.2 Å². The molecule has 102 valence electrons. The minimum atomic E-state index is -4.28. The minimum Gasteiger partial charge on any atom is -0.378 e. The van der Waals surface area contributed by atoms with E-state index in [0.29, 0.717) is 13.2 Å². The third-order valence-electron chi connectivity index (χ3n) is 3.10. The third-order valence-corrected chi connectivity index (χ3v) is 3.10. The van der Waals surface area contributed by atoms with Gasteiger partial charge in [0.15, 0.2) is 0 Å². The van der Waals surface area contributed by atoms with E-state index in [1.54, 1.807) is 0 Å². The Labute approximate surface area is 103 Å². The number of carbonyl (C=O) groups is 1. The van der Waals surface area contributed by atoms with Crippen molar-refractivity contribution in [3.05, 3.63) is 11.6 Å². The van der Waals surface area contributed by atoms with E-state index in [9.17, 15) is 18.0 Å². The number of hydrogen-bond donors (Lipinski definition) is 1. The average Bonchev–Trinajstić information content (AvgIpc) is 2.38. The Morgan fingerprint density at radius 1 is 1.50 bits per heavy atom. The highest BCUT2D eigenvalue weighted by atomic mass is 19.4. The van der Waals surface area contributed by atoms with Gasteiger partial charge in [0.25, 0.3) is 0 Å². The van der Waals surface area contributed by atoms with Crippen molar-refractivity contribution in [2.75, 3.05) is 32.8 Å². The summed E-state index contributed by atoms with van der Waals surface area (Å²) in [7, 11) is 0. The Bertz CT molecular complexity index is 349. The van der Waals surface area contributed by atoms with Gasteiger partial charge in [0.1, 0.15) is 6.04 Å². The zero-order valence-electron chi connectivity index (χ0n) is 9.79. The number of alkyl halides is 3. The molecule has 1 unspecified atom stereocenters. The largest absolute Gasteiger partial charge is 0.412 e. The molecule has 0 aromatic rings. The third kappa shape index (κ3) is 3.02. The fraction of sp³-hybridized carbons (Fsp3) is 0.727. The Morgan fingerprint density at radius 2 is 2.28 bits per heavy atom. The molecule has 7 heteroatoms. The summed E-state index contributed by atoms with van der Waals surface area (Å²) in [6.45, 7) is 1.56. The summed E-state index contributed by atoms with van der Waals surface area (Å²) in [5, 5.41) is 3.00. The minimum absolute atomic E-state index is 0.0197. The van der Waals surface area contributed by atoms with Crippen molar-refractivity contribution >= 4 is 5.91 Å². The Morgan fingerprint density at radius 3 is 2.78 bits per heavy atom. The van der Waals surface area contributed by atoms with E-state index in [4.69, 9.17) is 4.74 Å². The van der Waals surface area contributed by atoms with Crippen LogP contribution in [0.1, 0.15) is 6.42 Å². The standard InChI is InChI=1S/C11H15F3N2O2/c12-11(13,14)8-1-4-16(5-2-8)10(17)9-7-18-6-3-15-9/h1,9,15H,2-7H2. The van der Waals surface area contributed by atoms with Crippen molar-refractivity contribution in [1.82, 2.24) is 10.2 Å². The number of hydrogen-bond acceptors (Lipinski definition) is 3. The van der Waals surface area contributed by atoms with Crippen LogP contribution in [-0.2, 0) is 9.53 Å². The van der Waals surface area contributed by atoms with Crippen LogP contribution in [0.5, 0.6) is 0 Å². The number of ether oxygens (including phenoxy) is 1. The SMILES string of the molecule is O=C(C1COCCN1)N1CC=C(C(F)(F)F)CC1. The molecule has 2 aliphatic rings. The van der Waals surface area contributed by atoms with Crippen LogP contribution >= 0.6 is 0 Å². The molecule has 1 fully saturated rings. The van der Waals surface area contributed by atoms with Gasteiger partial charge in [-0.3, -0.25) is 4.79 Å². The normalized spacial score (nSPS) is 25.8. The van der Waals surface area contributed by atoms with E-state index in [1.807, 2.05) is 0 Å². The topological polar surface area (TPSA) is 41.6 Å². The van der Waals surface area contributed by atoms with Gasteiger partial charge in [0, 0.05) is 25.2 Å². The summed E-state index contributed by atoms with van der Waals surface area (Å²) in [5.41, 5.74) is -0.542. The maximum Gasteiger partial charge on any atom is 0.412 e. The summed E-state index contributed by atoms with van der Waals surface area (Å²) >= 11 is 0. The number of carbonyl (C=O) groups excluding carboxylic acids is 1. The van der Waals surface area contributed by atoms with E-state index in [0.717, 1.165) is 6.08 Å². The maximum atomic E-state index is 12.4. The number of amides is 1. The molecule has 0 radical (unpaired) electrons. The number of halogens is 3. The molecule has 0 saturated carbocycles. The lowest BCUT2D eigenvalue weighted by Crippen LogP contribution is -2.53. The molecule has 1 atom stereocenters. The van der Waals surface area contributed by atoms with Crippen LogP contribution < -0.4 is 5.32 Å². The van der Waals surface area contributed by atoms with E-state index < -0.39 is 17.8 Å². The van der Waals surface area contributed by atoms with Crippen LogP contribution in [0.2, 0.25) is 0 Å². The van der Waals surface area contributed by atoms with Gasteiger partial charge in [-0.2, -0.15) is 13.2 Å². The average molecular weight is 264 g/mol. The van der Waals surface area contributed by atoms with Gasteiger partial charge in [-0.15, -0.1) is 0 Å². The number of rotatable bonds is 1. The second kappa shape index (κ2) is 5.27. The first kappa shape index (κ1) is 13.4. The summed E-state index contributed by atoms with van der Waals surface area (Å²) in [5.74, 6) is -0.188. The lowest BCUT2D eigenvalue weighted by atomic mass is 10.1. The quantitative estimate of drug-likeness (QED) is 0.709. The van der Waals surface area contributed by atoms with Crippen molar-refractivity contribution in [3.63, 3.8) is 0 Å². The van der Waals surface area contributed by atoms with Crippen LogP contribution in [0.15, 0.2) is 11.6 Å². The molecule has 18 heavy (non-hydrogen) atoms. The maximum absolute atomic E-state index is 12.4. The Hall–Kier alpha value is -1.08. The molecule has 0 spiro atoms. The van der Waals surface area contributed by atoms with Crippen LogP contribution in [0.25, 0.3) is 0 Å². The van der Waals surface area contributed by atoms with Gasteiger partial charge in [-0.25, -0.2) is 0 Å². The van der Waals surface area contributed by atoms with Crippen molar-refractivity contribution in [1.29, 1.82) is 0 Å². The summed E-state index contributed by atoms with van der Waals surface area (Å²) < 4.78 is 42.4. The van der Waals surface area contributed by atoms with Crippen molar-refractivity contribution in [2.24, 2.45) is 0 Å². The predicted molar refractivity (Wildman–Crippen MR) is 57.9 cm³/mol. The first-order valence-corrected chi connectivity index (χ1v) is 5.84. The van der Waals surface area contributed by atoms with Crippen LogP contribution in [-0.4, -0.2) is 55.9 Å². The zero-order valence-corrected chi connectivity index (χ0v) is 9.79. The first-order valence-electron chi connectivity index (χ1n) is 5.84. The predicted octanol–water partition coefficient (Wildman–Crippen LogP) is 0.696. The number of nitrogens with one attached hydrogen (secondary N) is 1. The number of nitrogens with zero attached hydrogens (tertiary/aromatic N) is 1. The molecule has 1 amide bonds. The fourth-order valence-electron chi connectivity index (χ4n) is 2.07. The van der Waals surface area contributed by atoms with Crippen molar-refractivity contribution in [3.8, 4) is 0 Å². The summed E-state index contributed by atoms with van der Waals surface area (Å²) in [6, 6.07) is -0.431. The van der Waals surface area contributed by atoms with Gasteiger partial charge < -0.3 is 15.0 Å². The smallest absolute Gasteiger partial charge is 0.378 e. The monoisotopic (exact) mass is 264 g/mol. The highest BCUT2D eigenvalue weighted by Crippen LogP contribution is 2.30. The lowest BCUT2D eigenvalue weighted by Gasteiger charge is -2.32. The van der Waals surface area contributed by atoms with Gasteiger partial charge >= 0.3 is 6.18 Å². The summed E-state index contributed by atoms with van der Waals surface area (Å²) in [6.07, 6.45) is -3.32. The highest BCUT2D eigenvalue weighted by Gasteiger charge is 2.36. The first-order chi connectivity index (χ1) is 8.48. The van der Waals surface area contributed by atoms with Crippen molar-refractivity contribution in [2.45, 2.75) is 18.6 Å². The van der Waals surface area contributed by atoms with E-state index in [-0.39, 0.29) is 32.0 Å². The van der Waals surface area contributed by atoms with Crippen LogP contribution in [0.3, 0.4) is 0 Å². The van der Waals surface area contributed by atoms with E-state index >= 15 is 0 Å². The molecule has 0 aliphatic carbocycles. The van der Waals surface area contributed by atoms with Crippen LogP contribution in [0, 0.1) is 0 Å². The molecule has 2 aliphatic heterocycles. The zero-order chi connectivity index (χ0) is 13.2. The molecule has 1 N–H and O–H groups in total. The van der Waals surface area contributed by atoms with E-state index in [1.165, 1.54) is 4.90 Å². The van der Waals surface area contributed by atoms with Gasteiger partial charge in [0.2, 0.25) is 5.91 Å². The fourth-order valence-corrected chi connectivity index (χ4v) is 2.07. The van der Waals surface area contributed by atoms with E-state index in [2.05, 4.69) is 5.32 Å². The highest BCUT2D eigenvalue weighted by molar-refractivity contribution is 5.82. The summed E-state index contributed by atoms with van der Waals surface area (Å²) in [4.78, 5) is 13.4. The molecule has 0 bridgehead atoms. The molecular formula is C11H15F3N2O2. The van der Waals surface area contributed by atoms with Gasteiger partial charge in [-0.05, 0) is 6.42 Å². The lowest BCUT2D eigenvalue weighted by molar-refractivity contribution is -0.137. The molecule has 0 aromatic carbocycles. The molecule has 0 aromatic heterocycles. The molecule has 4 nitrogen and oxygen atoms in total. The molecule has 1 saturated heterocycles. The van der Waals surface area contributed by atoms with Crippen molar-refractivity contribution < 1.29 is 22.7 Å². The van der Waals surface area contributed by atoms with Gasteiger partial charge in [-0.1, -0.05) is 6.08 Å². The second-order valence-corrected chi connectivity index (χ2v) is 4.34. The Kier molecular flexibility index (Phi) is 3.91. The Balaban J connectivity index is 1.92. The van der Waals surface area contributed by atoms with Crippen LogP contribution in [0.4, 0.5) is 13.2 Å². The molecule has 2 heterocycles. The molecule has 2 rings (SSSR count).